The number of rotatable bonds is 6. The maximum Gasteiger partial charge on any atom is 0.243 e. The van der Waals surface area contributed by atoms with Crippen LogP contribution in [0.15, 0.2) is 53.4 Å². The molecule has 0 aliphatic heterocycles. The van der Waals surface area contributed by atoms with Crippen LogP contribution in [0.2, 0.25) is 0 Å². The minimum atomic E-state index is -3.56. The number of hydrogen-bond donors (Lipinski definition) is 1. The van der Waals surface area contributed by atoms with Gasteiger partial charge in [0.05, 0.1) is 4.90 Å². The Balaban J connectivity index is 2.39. The average Bonchev–Trinajstić information content (AvgIpc) is 2.50. The van der Waals surface area contributed by atoms with E-state index in [0.29, 0.717) is 18.0 Å². The molecule has 2 aromatic rings. The van der Waals surface area contributed by atoms with Crippen LogP contribution in [-0.4, -0.2) is 25.8 Å². The van der Waals surface area contributed by atoms with E-state index in [0.717, 1.165) is 16.7 Å². The highest BCUT2D eigenvalue weighted by Gasteiger charge is 2.25. The Labute approximate surface area is 132 Å². The minimum absolute atomic E-state index is 0.289. The zero-order valence-corrected chi connectivity index (χ0v) is 13.8. The van der Waals surface area contributed by atoms with Crippen molar-refractivity contribution in [1.82, 2.24) is 4.31 Å². The number of nitrogens with two attached hydrogens (primary N) is 1. The Bertz CT molecular complexity index is 728. The third kappa shape index (κ3) is 3.74. The summed E-state index contributed by atoms with van der Waals surface area (Å²) in [7, 11) is -3.56. The second kappa shape index (κ2) is 7.05. The van der Waals surface area contributed by atoms with E-state index in [2.05, 4.69) is 0 Å². The quantitative estimate of drug-likeness (QED) is 0.890. The lowest BCUT2D eigenvalue weighted by molar-refractivity contribution is 0.413. The van der Waals surface area contributed by atoms with Gasteiger partial charge in [0.2, 0.25) is 10.0 Å². The molecule has 0 fully saturated rings. The summed E-state index contributed by atoms with van der Waals surface area (Å²) in [5, 5.41) is 0. The Kier molecular flexibility index (Phi) is 5.34. The van der Waals surface area contributed by atoms with Crippen LogP contribution in [0.1, 0.15) is 16.7 Å². The fourth-order valence-corrected chi connectivity index (χ4v) is 4.09. The number of benzene rings is 2. The van der Waals surface area contributed by atoms with Gasteiger partial charge in [-0.2, -0.15) is 4.31 Å². The van der Waals surface area contributed by atoms with Gasteiger partial charge < -0.3 is 5.73 Å². The zero-order valence-electron chi connectivity index (χ0n) is 13.0. The maximum absolute atomic E-state index is 13.0. The first-order valence-corrected chi connectivity index (χ1v) is 8.70. The second-order valence-electron chi connectivity index (χ2n) is 5.38. The standard InChI is InChI=1S/C17H22N2O2S/c1-14-8-9-15(2)17(12-14)22(20,21)19(11-10-18)13-16-6-4-3-5-7-16/h3-9,12H,10-11,13,18H2,1-2H3. The second-order valence-corrected chi connectivity index (χ2v) is 7.29. The van der Waals surface area contributed by atoms with Crippen LogP contribution < -0.4 is 5.73 Å². The highest BCUT2D eigenvalue weighted by Crippen LogP contribution is 2.22. The minimum Gasteiger partial charge on any atom is -0.329 e. The zero-order chi connectivity index (χ0) is 16.2. The molecule has 0 aromatic heterocycles. The van der Waals surface area contributed by atoms with Crippen molar-refractivity contribution in [3.05, 3.63) is 65.2 Å². The molecule has 0 atom stereocenters. The van der Waals surface area contributed by atoms with Crippen molar-refractivity contribution in [3.63, 3.8) is 0 Å². The van der Waals surface area contributed by atoms with E-state index < -0.39 is 10.0 Å². The molecule has 2 N–H and O–H groups in total. The predicted octanol–water partition coefficient (Wildman–Crippen LogP) is 2.45. The summed E-state index contributed by atoms with van der Waals surface area (Å²) < 4.78 is 27.4. The van der Waals surface area contributed by atoms with E-state index in [9.17, 15) is 8.42 Å². The van der Waals surface area contributed by atoms with Gasteiger partial charge in [0.1, 0.15) is 0 Å². The van der Waals surface area contributed by atoms with Gasteiger partial charge in [0.25, 0.3) is 0 Å². The summed E-state index contributed by atoms with van der Waals surface area (Å²) in [6, 6.07) is 15.0. The van der Waals surface area contributed by atoms with Gasteiger partial charge in [-0.3, -0.25) is 0 Å². The monoisotopic (exact) mass is 318 g/mol. The fraction of sp³-hybridized carbons (Fsp3) is 0.294. The summed E-state index contributed by atoms with van der Waals surface area (Å²) in [6.45, 7) is 4.62. The molecular weight excluding hydrogens is 296 g/mol. The molecule has 0 saturated carbocycles. The lowest BCUT2D eigenvalue weighted by Gasteiger charge is -2.23. The molecule has 0 aliphatic carbocycles. The normalized spacial score (nSPS) is 11.8. The third-order valence-electron chi connectivity index (χ3n) is 3.54. The molecule has 0 amide bonds. The van der Waals surface area contributed by atoms with Gasteiger partial charge in [-0.05, 0) is 36.6 Å². The lowest BCUT2D eigenvalue weighted by Crippen LogP contribution is -2.35. The first kappa shape index (κ1) is 16.7. The van der Waals surface area contributed by atoms with Crippen LogP contribution in [-0.2, 0) is 16.6 Å². The van der Waals surface area contributed by atoms with Crippen molar-refractivity contribution in [3.8, 4) is 0 Å². The summed E-state index contributed by atoms with van der Waals surface area (Å²) in [5.41, 5.74) is 8.25. The van der Waals surface area contributed by atoms with E-state index in [-0.39, 0.29) is 6.54 Å². The van der Waals surface area contributed by atoms with Crippen molar-refractivity contribution in [2.75, 3.05) is 13.1 Å². The molecule has 118 valence electrons. The van der Waals surface area contributed by atoms with Crippen LogP contribution in [0.5, 0.6) is 0 Å². The fourth-order valence-electron chi connectivity index (χ4n) is 2.34. The highest BCUT2D eigenvalue weighted by molar-refractivity contribution is 7.89. The number of sulfonamides is 1. The Hall–Kier alpha value is -1.69. The van der Waals surface area contributed by atoms with Crippen molar-refractivity contribution in [1.29, 1.82) is 0 Å². The summed E-state index contributed by atoms with van der Waals surface area (Å²) in [5.74, 6) is 0. The van der Waals surface area contributed by atoms with Gasteiger partial charge in [-0.25, -0.2) is 8.42 Å². The summed E-state index contributed by atoms with van der Waals surface area (Å²) in [4.78, 5) is 0.358. The van der Waals surface area contributed by atoms with Crippen molar-refractivity contribution < 1.29 is 8.42 Å². The molecule has 22 heavy (non-hydrogen) atoms. The summed E-state index contributed by atoms with van der Waals surface area (Å²) in [6.07, 6.45) is 0. The highest BCUT2D eigenvalue weighted by atomic mass is 32.2. The molecule has 0 spiro atoms. The predicted molar refractivity (Wildman–Crippen MR) is 89.0 cm³/mol. The van der Waals surface area contributed by atoms with E-state index in [1.54, 1.807) is 6.07 Å². The molecule has 0 radical (unpaired) electrons. The van der Waals surface area contributed by atoms with Gasteiger partial charge in [-0.15, -0.1) is 0 Å². The van der Waals surface area contributed by atoms with E-state index in [1.165, 1.54) is 4.31 Å². The van der Waals surface area contributed by atoms with Crippen molar-refractivity contribution >= 4 is 10.0 Å². The Morgan fingerprint density at radius 2 is 1.73 bits per heavy atom. The van der Waals surface area contributed by atoms with Crippen molar-refractivity contribution in [2.24, 2.45) is 5.73 Å². The molecule has 0 aliphatic rings. The van der Waals surface area contributed by atoms with E-state index in [1.807, 2.05) is 56.3 Å². The van der Waals surface area contributed by atoms with Crippen molar-refractivity contribution in [2.45, 2.75) is 25.3 Å². The first-order chi connectivity index (χ1) is 10.4. The molecular formula is C17H22N2O2S. The largest absolute Gasteiger partial charge is 0.329 e. The van der Waals surface area contributed by atoms with Crippen LogP contribution >= 0.6 is 0 Å². The van der Waals surface area contributed by atoms with E-state index in [4.69, 9.17) is 5.73 Å². The first-order valence-electron chi connectivity index (χ1n) is 7.26. The van der Waals surface area contributed by atoms with E-state index >= 15 is 0 Å². The van der Waals surface area contributed by atoms with Gasteiger partial charge >= 0.3 is 0 Å². The summed E-state index contributed by atoms with van der Waals surface area (Å²) >= 11 is 0. The third-order valence-corrected chi connectivity index (χ3v) is 5.53. The molecule has 5 heteroatoms. The average molecular weight is 318 g/mol. The molecule has 2 rings (SSSR count). The number of nitrogens with zero attached hydrogens (tertiary/aromatic N) is 1. The van der Waals surface area contributed by atoms with Crippen LogP contribution in [0.3, 0.4) is 0 Å². The molecule has 2 aromatic carbocycles. The Morgan fingerprint density at radius 3 is 2.36 bits per heavy atom. The molecule has 0 unspecified atom stereocenters. The number of hydrogen-bond acceptors (Lipinski definition) is 3. The van der Waals surface area contributed by atoms with Crippen LogP contribution in [0.25, 0.3) is 0 Å². The smallest absolute Gasteiger partial charge is 0.243 e. The SMILES string of the molecule is Cc1ccc(C)c(S(=O)(=O)N(CCN)Cc2ccccc2)c1. The van der Waals surface area contributed by atoms with Gasteiger partial charge in [0, 0.05) is 19.6 Å². The molecule has 0 saturated heterocycles. The topological polar surface area (TPSA) is 63.4 Å². The van der Waals surface area contributed by atoms with Crippen LogP contribution in [0, 0.1) is 13.8 Å². The van der Waals surface area contributed by atoms with Gasteiger partial charge in [0.15, 0.2) is 0 Å². The van der Waals surface area contributed by atoms with Gasteiger partial charge in [-0.1, -0.05) is 42.5 Å². The lowest BCUT2D eigenvalue weighted by atomic mass is 10.2. The molecule has 0 heterocycles. The molecule has 0 bridgehead atoms. The number of aryl methyl sites for hydroxylation is 2. The maximum atomic E-state index is 13.0. The van der Waals surface area contributed by atoms with Crippen LogP contribution in [0.4, 0.5) is 0 Å². The Morgan fingerprint density at radius 1 is 1.05 bits per heavy atom. The molecule has 4 nitrogen and oxygen atoms in total.